The molecular formula is C19H31IN4O2. The summed E-state index contributed by atoms with van der Waals surface area (Å²) in [6, 6.07) is 8.06. The van der Waals surface area contributed by atoms with Gasteiger partial charge in [-0.1, -0.05) is 18.2 Å². The highest BCUT2D eigenvalue weighted by Gasteiger charge is 2.20. The van der Waals surface area contributed by atoms with Crippen LogP contribution in [0.15, 0.2) is 29.3 Å². The van der Waals surface area contributed by atoms with Crippen LogP contribution in [0.5, 0.6) is 5.75 Å². The number of hydrogen-bond donors (Lipinski definition) is 1. The molecule has 1 aliphatic rings. The van der Waals surface area contributed by atoms with Crippen LogP contribution in [-0.4, -0.2) is 67.5 Å². The van der Waals surface area contributed by atoms with E-state index in [0.29, 0.717) is 6.61 Å². The van der Waals surface area contributed by atoms with E-state index in [-0.39, 0.29) is 29.9 Å². The molecule has 0 aliphatic carbocycles. The molecule has 1 amide bonds. The van der Waals surface area contributed by atoms with Crippen LogP contribution in [0.25, 0.3) is 0 Å². The summed E-state index contributed by atoms with van der Waals surface area (Å²) in [7, 11) is 0. The van der Waals surface area contributed by atoms with Crippen LogP contribution in [0.2, 0.25) is 0 Å². The number of rotatable bonds is 6. The molecule has 1 fully saturated rings. The summed E-state index contributed by atoms with van der Waals surface area (Å²) in [4.78, 5) is 20.3. The minimum atomic E-state index is 0. The van der Waals surface area contributed by atoms with Crippen LogP contribution in [-0.2, 0) is 4.79 Å². The maximum atomic E-state index is 11.4. The van der Waals surface area contributed by atoms with Gasteiger partial charge in [-0.3, -0.25) is 9.79 Å². The smallest absolute Gasteiger partial charge is 0.219 e. The molecule has 0 saturated carbocycles. The van der Waals surface area contributed by atoms with Crippen molar-refractivity contribution in [2.24, 2.45) is 4.99 Å². The van der Waals surface area contributed by atoms with Gasteiger partial charge in [0, 0.05) is 52.6 Å². The summed E-state index contributed by atoms with van der Waals surface area (Å²) in [5, 5.41) is 3.35. The standard InChI is InChI=1S/C19H30N4O2.HI/c1-4-20-19(23-13-11-22(12-14-23)17(3)24)21-10-7-15-25-18-9-6-5-8-16(18)2;/h5-6,8-9H,4,7,10-15H2,1-3H3,(H,20,21);1H. The Morgan fingerprint density at radius 1 is 1.19 bits per heavy atom. The van der Waals surface area contributed by atoms with Crippen LogP contribution in [0.1, 0.15) is 25.8 Å². The number of nitrogens with zero attached hydrogens (tertiary/aromatic N) is 3. The zero-order valence-electron chi connectivity index (χ0n) is 16.0. The lowest BCUT2D eigenvalue weighted by atomic mass is 10.2. The Labute approximate surface area is 174 Å². The van der Waals surface area contributed by atoms with Gasteiger partial charge in [0.15, 0.2) is 5.96 Å². The van der Waals surface area contributed by atoms with Crippen molar-refractivity contribution in [3.8, 4) is 5.75 Å². The van der Waals surface area contributed by atoms with Crippen molar-refractivity contribution in [3.63, 3.8) is 0 Å². The molecule has 26 heavy (non-hydrogen) atoms. The average molecular weight is 474 g/mol. The van der Waals surface area contributed by atoms with Crippen LogP contribution < -0.4 is 10.1 Å². The highest BCUT2D eigenvalue weighted by molar-refractivity contribution is 14.0. The third-order valence-electron chi connectivity index (χ3n) is 4.27. The molecule has 6 nitrogen and oxygen atoms in total. The van der Waals surface area contributed by atoms with E-state index < -0.39 is 0 Å². The van der Waals surface area contributed by atoms with Gasteiger partial charge in [0.2, 0.25) is 5.91 Å². The molecule has 0 radical (unpaired) electrons. The number of aliphatic imine (C=N–C) groups is 1. The van der Waals surface area contributed by atoms with Crippen LogP contribution in [0, 0.1) is 6.92 Å². The molecule has 1 N–H and O–H groups in total. The Morgan fingerprint density at radius 3 is 2.46 bits per heavy atom. The van der Waals surface area contributed by atoms with E-state index in [1.807, 2.05) is 23.1 Å². The SMILES string of the molecule is CCNC(=NCCCOc1ccccc1C)N1CCN(C(C)=O)CC1.I. The summed E-state index contributed by atoms with van der Waals surface area (Å²) < 4.78 is 5.82. The highest BCUT2D eigenvalue weighted by atomic mass is 127. The van der Waals surface area contributed by atoms with E-state index in [4.69, 9.17) is 9.73 Å². The molecule has 0 unspecified atom stereocenters. The lowest BCUT2D eigenvalue weighted by molar-refractivity contribution is -0.130. The van der Waals surface area contributed by atoms with E-state index in [1.54, 1.807) is 6.92 Å². The largest absolute Gasteiger partial charge is 0.493 e. The first-order chi connectivity index (χ1) is 12.1. The first-order valence-corrected chi connectivity index (χ1v) is 9.09. The summed E-state index contributed by atoms with van der Waals surface area (Å²) in [6.07, 6.45) is 0.872. The number of hydrogen-bond acceptors (Lipinski definition) is 3. The topological polar surface area (TPSA) is 57.2 Å². The van der Waals surface area contributed by atoms with E-state index in [9.17, 15) is 4.79 Å². The fourth-order valence-electron chi connectivity index (χ4n) is 2.81. The van der Waals surface area contributed by atoms with Gasteiger partial charge in [-0.25, -0.2) is 0 Å². The van der Waals surface area contributed by atoms with Crippen molar-refractivity contribution in [1.29, 1.82) is 0 Å². The highest BCUT2D eigenvalue weighted by Crippen LogP contribution is 2.16. The third-order valence-corrected chi connectivity index (χ3v) is 4.27. The van der Waals surface area contributed by atoms with Crippen LogP contribution >= 0.6 is 24.0 Å². The molecular weight excluding hydrogens is 443 g/mol. The Hall–Kier alpha value is -1.51. The number of ether oxygens (including phenoxy) is 1. The number of benzene rings is 1. The quantitative estimate of drug-likeness (QED) is 0.298. The average Bonchev–Trinajstić information content (AvgIpc) is 2.62. The number of piperazine rings is 1. The fourth-order valence-corrected chi connectivity index (χ4v) is 2.81. The van der Waals surface area contributed by atoms with Gasteiger partial charge in [-0.05, 0) is 25.5 Å². The maximum Gasteiger partial charge on any atom is 0.219 e. The van der Waals surface area contributed by atoms with Crippen molar-refractivity contribution in [2.75, 3.05) is 45.9 Å². The Balaban J connectivity index is 0.00000338. The predicted molar refractivity (Wildman–Crippen MR) is 117 cm³/mol. The number of carbonyl (C=O) groups is 1. The lowest BCUT2D eigenvalue weighted by Crippen LogP contribution is -2.53. The first-order valence-electron chi connectivity index (χ1n) is 9.09. The normalized spacial score (nSPS) is 14.7. The van der Waals surface area contributed by atoms with E-state index >= 15 is 0 Å². The molecule has 2 rings (SSSR count). The predicted octanol–water partition coefficient (Wildman–Crippen LogP) is 2.51. The number of carbonyl (C=O) groups excluding carboxylic acids is 1. The van der Waals surface area contributed by atoms with Crippen molar-refractivity contribution in [3.05, 3.63) is 29.8 Å². The van der Waals surface area contributed by atoms with Crippen molar-refractivity contribution < 1.29 is 9.53 Å². The minimum absolute atomic E-state index is 0. The van der Waals surface area contributed by atoms with Gasteiger partial charge in [0.05, 0.1) is 6.61 Å². The van der Waals surface area contributed by atoms with Gasteiger partial charge in [-0.15, -0.1) is 24.0 Å². The van der Waals surface area contributed by atoms with E-state index in [2.05, 4.69) is 30.1 Å². The first kappa shape index (κ1) is 22.5. The molecule has 1 heterocycles. The zero-order chi connectivity index (χ0) is 18.1. The molecule has 1 aliphatic heterocycles. The van der Waals surface area contributed by atoms with Crippen LogP contribution in [0.4, 0.5) is 0 Å². The fraction of sp³-hybridized carbons (Fsp3) is 0.579. The number of para-hydroxylation sites is 1. The molecule has 1 aromatic rings. The minimum Gasteiger partial charge on any atom is -0.493 e. The monoisotopic (exact) mass is 474 g/mol. The molecule has 1 saturated heterocycles. The molecule has 0 atom stereocenters. The number of aryl methyl sites for hydroxylation is 1. The van der Waals surface area contributed by atoms with Crippen molar-refractivity contribution in [1.82, 2.24) is 15.1 Å². The Kier molecular flexibility index (Phi) is 10.4. The second-order valence-corrected chi connectivity index (χ2v) is 6.20. The van der Waals surface area contributed by atoms with Gasteiger partial charge in [0.25, 0.3) is 0 Å². The summed E-state index contributed by atoms with van der Waals surface area (Å²) in [6.45, 7) is 11.1. The summed E-state index contributed by atoms with van der Waals surface area (Å²) >= 11 is 0. The Bertz CT molecular complexity index is 587. The summed E-state index contributed by atoms with van der Waals surface area (Å²) in [5.41, 5.74) is 1.16. The number of guanidine groups is 1. The second-order valence-electron chi connectivity index (χ2n) is 6.20. The maximum absolute atomic E-state index is 11.4. The summed E-state index contributed by atoms with van der Waals surface area (Å²) in [5.74, 6) is 2.02. The molecule has 0 spiro atoms. The lowest BCUT2D eigenvalue weighted by Gasteiger charge is -2.36. The molecule has 1 aromatic carbocycles. The van der Waals surface area contributed by atoms with E-state index in [0.717, 1.165) is 63.0 Å². The number of amides is 1. The number of nitrogens with one attached hydrogen (secondary N) is 1. The molecule has 146 valence electrons. The van der Waals surface area contributed by atoms with Gasteiger partial charge in [-0.2, -0.15) is 0 Å². The molecule has 7 heteroatoms. The van der Waals surface area contributed by atoms with Crippen LogP contribution in [0.3, 0.4) is 0 Å². The Morgan fingerprint density at radius 2 is 1.85 bits per heavy atom. The van der Waals surface area contributed by atoms with Crippen molar-refractivity contribution in [2.45, 2.75) is 27.2 Å². The van der Waals surface area contributed by atoms with E-state index in [1.165, 1.54) is 0 Å². The van der Waals surface area contributed by atoms with Gasteiger partial charge >= 0.3 is 0 Å². The van der Waals surface area contributed by atoms with Gasteiger partial charge < -0.3 is 19.9 Å². The molecule has 0 aromatic heterocycles. The second kappa shape index (κ2) is 12.0. The van der Waals surface area contributed by atoms with Gasteiger partial charge in [0.1, 0.15) is 5.75 Å². The molecule has 0 bridgehead atoms. The number of halogens is 1. The zero-order valence-corrected chi connectivity index (χ0v) is 18.4. The third kappa shape index (κ3) is 7.01. The van der Waals surface area contributed by atoms with Crippen molar-refractivity contribution >= 4 is 35.8 Å².